The molecule has 2 aliphatic heterocycles. The monoisotopic (exact) mass is 505 g/mol. The van der Waals surface area contributed by atoms with Crippen LogP contribution in [0, 0.1) is 11.3 Å². The van der Waals surface area contributed by atoms with E-state index in [0.29, 0.717) is 25.3 Å². The number of thiophene rings is 1. The van der Waals surface area contributed by atoms with E-state index in [2.05, 4.69) is 28.0 Å². The summed E-state index contributed by atoms with van der Waals surface area (Å²) in [7, 11) is 0. The fraction of sp³-hybridized carbons (Fsp3) is 0.407. The maximum Gasteiger partial charge on any atom is 0.319 e. The van der Waals surface area contributed by atoms with Crippen molar-refractivity contribution in [2.45, 2.75) is 19.3 Å². The van der Waals surface area contributed by atoms with Crippen molar-refractivity contribution in [3.05, 3.63) is 48.0 Å². The summed E-state index contributed by atoms with van der Waals surface area (Å²) in [5.41, 5.74) is 7.50. The van der Waals surface area contributed by atoms with Crippen LogP contribution in [0.3, 0.4) is 0 Å². The van der Waals surface area contributed by atoms with Gasteiger partial charge in [0.15, 0.2) is 11.5 Å². The van der Waals surface area contributed by atoms with E-state index in [1.165, 1.54) is 17.0 Å². The predicted molar refractivity (Wildman–Crippen MR) is 143 cm³/mol. The summed E-state index contributed by atoms with van der Waals surface area (Å²) in [5.74, 6) is 1.68. The Morgan fingerprint density at radius 1 is 1.03 bits per heavy atom. The van der Waals surface area contributed by atoms with Crippen molar-refractivity contribution in [1.82, 2.24) is 4.90 Å². The van der Waals surface area contributed by atoms with Gasteiger partial charge in [0.1, 0.15) is 5.00 Å². The van der Waals surface area contributed by atoms with Crippen LogP contribution in [0.5, 0.6) is 11.5 Å². The Morgan fingerprint density at radius 2 is 1.83 bits per heavy atom. The molecule has 3 heterocycles. The van der Waals surface area contributed by atoms with Crippen LogP contribution < -0.4 is 25.0 Å². The zero-order valence-electron chi connectivity index (χ0n) is 20.3. The molecule has 0 saturated carbocycles. The average Bonchev–Trinajstić information content (AvgIpc) is 3.17. The third-order valence-electron chi connectivity index (χ3n) is 6.74. The molecule has 0 bridgehead atoms. The Bertz CT molecular complexity index is 1260. The van der Waals surface area contributed by atoms with Gasteiger partial charge in [-0.3, -0.25) is 9.80 Å². The van der Waals surface area contributed by atoms with Crippen molar-refractivity contribution in [1.29, 1.82) is 5.26 Å². The summed E-state index contributed by atoms with van der Waals surface area (Å²) < 4.78 is 12.6. The van der Waals surface area contributed by atoms with Crippen LogP contribution in [0.25, 0.3) is 10.1 Å². The third kappa shape index (κ3) is 5.50. The minimum atomic E-state index is -0.439. The molecule has 5 rings (SSSR count). The minimum absolute atomic E-state index is 0.439. The smallest absolute Gasteiger partial charge is 0.319 e. The van der Waals surface area contributed by atoms with E-state index < -0.39 is 6.03 Å². The Balaban J connectivity index is 1.09. The zero-order chi connectivity index (χ0) is 24.9. The molecule has 2 amide bonds. The van der Waals surface area contributed by atoms with Gasteiger partial charge in [0, 0.05) is 55.6 Å². The number of primary amides is 1. The number of rotatable bonds is 7. The van der Waals surface area contributed by atoms with Crippen LogP contribution in [-0.2, 0) is 0 Å². The van der Waals surface area contributed by atoms with Crippen LogP contribution >= 0.6 is 11.3 Å². The molecule has 2 N–H and O–H groups in total. The van der Waals surface area contributed by atoms with Crippen molar-refractivity contribution in [2.75, 3.05) is 62.3 Å². The van der Waals surface area contributed by atoms with E-state index in [1.54, 1.807) is 11.0 Å². The summed E-state index contributed by atoms with van der Waals surface area (Å²) >= 11 is 1.53. The van der Waals surface area contributed by atoms with Crippen LogP contribution in [0.2, 0.25) is 0 Å². The first-order valence-corrected chi connectivity index (χ1v) is 13.3. The number of nitrogens with two attached hydrogens (primary N) is 1. The molecular formula is C27H31N5O3S. The van der Waals surface area contributed by atoms with Crippen molar-refractivity contribution in [3.63, 3.8) is 0 Å². The molecule has 0 atom stereocenters. The van der Waals surface area contributed by atoms with Gasteiger partial charge in [0.25, 0.3) is 0 Å². The van der Waals surface area contributed by atoms with Gasteiger partial charge in [-0.15, -0.1) is 11.3 Å². The number of unbranched alkanes of at least 4 members (excludes halogenated alkanes) is 1. The molecule has 1 aromatic heterocycles. The van der Waals surface area contributed by atoms with Crippen molar-refractivity contribution >= 4 is 38.1 Å². The van der Waals surface area contributed by atoms with Crippen molar-refractivity contribution < 1.29 is 14.3 Å². The van der Waals surface area contributed by atoms with E-state index in [4.69, 9.17) is 20.5 Å². The number of carbonyl (C=O) groups excluding carboxylic acids is 1. The molecule has 3 aromatic rings. The minimum Gasteiger partial charge on any atom is -0.490 e. The zero-order valence-corrected chi connectivity index (χ0v) is 21.1. The van der Waals surface area contributed by atoms with Crippen molar-refractivity contribution in [3.8, 4) is 17.6 Å². The van der Waals surface area contributed by atoms with Gasteiger partial charge in [-0.1, -0.05) is 0 Å². The second-order valence-corrected chi connectivity index (χ2v) is 10.2. The number of fused-ring (bicyclic) bond motifs is 2. The van der Waals surface area contributed by atoms with E-state index in [1.807, 2.05) is 24.3 Å². The number of nitrogens with zero attached hydrogens (tertiary/aromatic N) is 4. The highest BCUT2D eigenvalue weighted by Crippen LogP contribution is 2.35. The number of benzene rings is 2. The fourth-order valence-electron chi connectivity index (χ4n) is 4.74. The molecule has 2 aromatic carbocycles. The van der Waals surface area contributed by atoms with Crippen LogP contribution in [0.1, 0.15) is 24.8 Å². The SMILES string of the molecule is N#Cc1ccc2sc(N(CCCCN3CCN(c4ccc5c(c4)OCCCO5)CC3)C(N)=O)cc2c1. The molecule has 0 spiro atoms. The first-order valence-electron chi connectivity index (χ1n) is 12.5. The van der Waals surface area contributed by atoms with Crippen LogP contribution in [0.15, 0.2) is 42.5 Å². The van der Waals surface area contributed by atoms with Gasteiger partial charge >= 0.3 is 6.03 Å². The summed E-state index contributed by atoms with van der Waals surface area (Å²) in [6, 6.07) is 15.5. The summed E-state index contributed by atoms with van der Waals surface area (Å²) in [6.07, 6.45) is 2.79. The van der Waals surface area contributed by atoms with E-state index in [0.717, 1.165) is 78.6 Å². The Labute approximate surface area is 215 Å². The largest absolute Gasteiger partial charge is 0.490 e. The molecule has 188 valence electrons. The lowest BCUT2D eigenvalue weighted by Gasteiger charge is -2.36. The Hall–Kier alpha value is -3.48. The van der Waals surface area contributed by atoms with Gasteiger partial charge in [-0.05, 0) is 61.2 Å². The quantitative estimate of drug-likeness (QED) is 0.478. The number of urea groups is 1. The van der Waals surface area contributed by atoms with Gasteiger partial charge in [0.2, 0.25) is 0 Å². The molecule has 9 heteroatoms. The molecule has 2 aliphatic rings. The molecule has 36 heavy (non-hydrogen) atoms. The summed E-state index contributed by atoms with van der Waals surface area (Å²) in [4.78, 5) is 18.7. The molecule has 0 unspecified atom stereocenters. The summed E-state index contributed by atoms with van der Waals surface area (Å²) in [6.45, 7) is 6.94. The topological polar surface area (TPSA) is 95.1 Å². The maximum absolute atomic E-state index is 12.1. The molecule has 1 saturated heterocycles. The van der Waals surface area contributed by atoms with Crippen LogP contribution in [0.4, 0.5) is 15.5 Å². The average molecular weight is 506 g/mol. The predicted octanol–water partition coefficient (Wildman–Crippen LogP) is 4.42. The lowest BCUT2D eigenvalue weighted by atomic mass is 10.2. The highest BCUT2D eigenvalue weighted by Gasteiger charge is 2.20. The molecule has 8 nitrogen and oxygen atoms in total. The highest BCUT2D eigenvalue weighted by molar-refractivity contribution is 7.23. The molecular weight excluding hydrogens is 474 g/mol. The second-order valence-electron chi connectivity index (χ2n) is 9.16. The van der Waals surface area contributed by atoms with Gasteiger partial charge < -0.3 is 20.1 Å². The van der Waals surface area contributed by atoms with Gasteiger partial charge in [0.05, 0.1) is 24.8 Å². The number of anilines is 2. The molecule has 1 fully saturated rings. The number of piperazine rings is 1. The van der Waals surface area contributed by atoms with Gasteiger partial charge in [-0.2, -0.15) is 5.26 Å². The maximum atomic E-state index is 12.1. The highest BCUT2D eigenvalue weighted by atomic mass is 32.1. The first-order chi connectivity index (χ1) is 17.6. The normalized spacial score (nSPS) is 15.9. The van der Waals surface area contributed by atoms with Gasteiger partial charge in [-0.25, -0.2) is 4.79 Å². The lowest BCUT2D eigenvalue weighted by Crippen LogP contribution is -2.46. The Morgan fingerprint density at radius 3 is 2.61 bits per heavy atom. The lowest BCUT2D eigenvalue weighted by molar-refractivity contribution is 0.249. The number of ether oxygens (including phenoxy) is 2. The second kappa shape index (κ2) is 11.1. The number of nitriles is 1. The Kier molecular flexibility index (Phi) is 7.44. The number of amides is 2. The molecule has 0 radical (unpaired) electrons. The van der Waals surface area contributed by atoms with Crippen LogP contribution in [-0.4, -0.2) is 63.4 Å². The van der Waals surface area contributed by atoms with E-state index >= 15 is 0 Å². The molecule has 0 aliphatic carbocycles. The number of hydrogen-bond donors (Lipinski definition) is 1. The third-order valence-corrected chi connectivity index (χ3v) is 7.88. The van der Waals surface area contributed by atoms with E-state index in [9.17, 15) is 4.79 Å². The van der Waals surface area contributed by atoms with Crippen molar-refractivity contribution in [2.24, 2.45) is 5.73 Å². The number of carbonyl (C=O) groups is 1. The first kappa shape index (κ1) is 24.2. The standard InChI is InChI=1S/C27H31N5O3S/c28-19-20-4-7-25-21(16-20)17-26(36-25)32(27(29)33)9-2-1-8-30-10-12-31(13-11-30)22-5-6-23-24(18-22)35-15-3-14-34-23/h4-7,16-18H,1-3,8-15H2,(H2,29,33). The van der Waals surface area contributed by atoms with E-state index in [-0.39, 0.29) is 0 Å². The number of hydrogen-bond acceptors (Lipinski definition) is 7. The fourth-order valence-corrected chi connectivity index (χ4v) is 5.82. The summed E-state index contributed by atoms with van der Waals surface area (Å²) in [5, 5.41) is 10.9.